The molecule has 3 heterocycles. The van der Waals surface area contributed by atoms with E-state index in [0.717, 1.165) is 48.4 Å². The van der Waals surface area contributed by atoms with Gasteiger partial charge in [-0.15, -0.1) is 5.10 Å². The maximum atomic E-state index is 12.3. The summed E-state index contributed by atoms with van der Waals surface area (Å²) in [6.07, 6.45) is 3.10. The molecule has 0 radical (unpaired) electrons. The smallest absolute Gasteiger partial charge is 0.226 e. The van der Waals surface area contributed by atoms with Crippen LogP contribution >= 0.6 is 11.3 Å². The maximum Gasteiger partial charge on any atom is 0.226 e. The van der Waals surface area contributed by atoms with Crippen LogP contribution in [0.4, 0.5) is 5.13 Å². The third-order valence-corrected chi connectivity index (χ3v) is 6.07. The largest absolute Gasteiger partial charge is 0.343 e. The van der Waals surface area contributed by atoms with Gasteiger partial charge in [-0.2, -0.15) is 0 Å². The molecule has 1 amide bonds. The van der Waals surface area contributed by atoms with E-state index in [9.17, 15) is 4.79 Å². The summed E-state index contributed by atoms with van der Waals surface area (Å²) in [6.45, 7) is 12.0. The van der Waals surface area contributed by atoms with Crippen molar-refractivity contribution >= 4 is 27.3 Å². The van der Waals surface area contributed by atoms with Crippen molar-refractivity contribution in [2.24, 2.45) is 11.8 Å². The standard InChI is InChI=1S/C17H25N5OS/c1-11-9-12(11)14(23)20-5-7-21(8-6-20)16-19-22-10-13(17(2,3)4)18-15(22)24-16/h10-12H,5-9H2,1-4H3/t11-,12+/m0/s1. The number of rotatable bonds is 2. The molecule has 0 aromatic carbocycles. The van der Waals surface area contributed by atoms with Crippen molar-refractivity contribution < 1.29 is 4.79 Å². The van der Waals surface area contributed by atoms with Gasteiger partial charge >= 0.3 is 0 Å². The lowest BCUT2D eigenvalue weighted by Crippen LogP contribution is -2.49. The average Bonchev–Trinajstić information content (AvgIpc) is 2.94. The van der Waals surface area contributed by atoms with Crippen molar-refractivity contribution in [3.8, 4) is 0 Å². The van der Waals surface area contributed by atoms with Crippen LogP contribution in [0.3, 0.4) is 0 Å². The summed E-state index contributed by atoms with van der Waals surface area (Å²) < 4.78 is 1.89. The van der Waals surface area contributed by atoms with Gasteiger partial charge in [-0.25, -0.2) is 9.50 Å². The van der Waals surface area contributed by atoms with Crippen molar-refractivity contribution in [1.82, 2.24) is 19.5 Å². The Balaban J connectivity index is 1.43. The number of piperazine rings is 1. The number of amides is 1. The highest BCUT2D eigenvalue weighted by molar-refractivity contribution is 7.20. The third kappa shape index (κ3) is 2.79. The van der Waals surface area contributed by atoms with E-state index in [-0.39, 0.29) is 11.3 Å². The number of fused-ring (bicyclic) bond motifs is 1. The topological polar surface area (TPSA) is 53.7 Å². The minimum absolute atomic E-state index is 0.0412. The van der Waals surface area contributed by atoms with Gasteiger partial charge in [-0.3, -0.25) is 4.79 Å². The van der Waals surface area contributed by atoms with E-state index in [2.05, 4.69) is 32.6 Å². The number of imidazole rings is 1. The summed E-state index contributed by atoms with van der Waals surface area (Å²) in [5, 5.41) is 5.70. The van der Waals surface area contributed by atoms with E-state index in [1.165, 1.54) is 0 Å². The molecule has 24 heavy (non-hydrogen) atoms. The third-order valence-electron chi connectivity index (χ3n) is 5.09. The van der Waals surface area contributed by atoms with Gasteiger partial charge < -0.3 is 9.80 Å². The lowest BCUT2D eigenvalue weighted by Gasteiger charge is -2.34. The number of nitrogens with zero attached hydrogens (tertiary/aromatic N) is 5. The van der Waals surface area contributed by atoms with Gasteiger partial charge in [0.15, 0.2) is 0 Å². The predicted molar refractivity (Wildman–Crippen MR) is 95.6 cm³/mol. The highest BCUT2D eigenvalue weighted by atomic mass is 32.1. The van der Waals surface area contributed by atoms with Crippen LogP contribution in [0.25, 0.3) is 4.96 Å². The fourth-order valence-corrected chi connectivity index (χ4v) is 4.13. The molecule has 7 heteroatoms. The molecule has 1 saturated carbocycles. The SMILES string of the molecule is C[C@H]1C[C@H]1C(=O)N1CCN(c2nn3cc(C(C)(C)C)nc3s2)CC1. The predicted octanol–water partition coefficient (Wildman–Crippen LogP) is 2.39. The van der Waals surface area contributed by atoms with Crippen LogP contribution in [0.2, 0.25) is 0 Å². The highest BCUT2D eigenvalue weighted by Crippen LogP contribution is 2.39. The molecule has 0 bridgehead atoms. The molecule has 1 aliphatic carbocycles. The summed E-state index contributed by atoms with van der Waals surface area (Å²) in [5.74, 6) is 1.22. The van der Waals surface area contributed by atoms with Gasteiger partial charge in [0.1, 0.15) is 0 Å². The summed E-state index contributed by atoms with van der Waals surface area (Å²) in [5.41, 5.74) is 1.11. The Labute approximate surface area is 146 Å². The van der Waals surface area contributed by atoms with Crippen molar-refractivity contribution in [3.63, 3.8) is 0 Å². The fourth-order valence-electron chi connectivity index (χ4n) is 3.20. The van der Waals surface area contributed by atoms with E-state index in [4.69, 9.17) is 10.1 Å². The number of aromatic nitrogens is 3. The molecule has 6 nitrogen and oxygen atoms in total. The fraction of sp³-hybridized carbons (Fsp3) is 0.706. The Morgan fingerprint density at radius 2 is 1.92 bits per heavy atom. The molecule has 4 rings (SSSR count). The van der Waals surface area contributed by atoms with Gasteiger partial charge in [-0.1, -0.05) is 39.0 Å². The highest BCUT2D eigenvalue weighted by Gasteiger charge is 2.42. The molecule has 0 unspecified atom stereocenters. The van der Waals surface area contributed by atoms with Crippen molar-refractivity contribution in [1.29, 1.82) is 0 Å². The number of hydrogen-bond acceptors (Lipinski definition) is 5. The summed E-state index contributed by atoms with van der Waals surface area (Å²) in [4.78, 5) is 22.3. The van der Waals surface area contributed by atoms with Gasteiger partial charge in [0.25, 0.3) is 0 Å². The number of carbonyl (C=O) groups is 1. The molecule has 2 aromatic rings. The van der Waals surface area contributed by atoms with E-state index in [1.54, 1.807) is 11.3 Å². The monoisotopic (exact) mass is 347 g/mol. The van der Waals surface area contributed by atoms with Crippen LogP contribution < -0.4 is 4.90 Å². The molecule has 2 atom stereocenters. The van der Waals surface area contributed by atoms with Gasteiger partial charge in [-0.05, 0) is 12.3 Å². The maximum absolute atomic E-state index is 12.3. The zero-order valence-corrected chi connectivity index (χ0v) is 15.6. The Morgan fingerprint density at radius 1 is 1.25 bits per heavy atom. The quantitative estimate of drug-likeness (QED) is 0.837. The van der Waals surface area contributed by atoms with Gasteiger partial charge in [0.05, 0.1) is 11.9 Å². The number of hydrogen-bond donors (Lipinski definition) is 0. The molecule has 1 aliphatic heterocycles. The summed E-state index contributed by atoms with van der Waals surface area (Å²) in [7, 11) is 0. The lowest BCUT2D eigenvalue weighted by molar-refractivity contribution is -0.133. The molecular formula is C17H25N5OS. The Morgan fingerprint density at radius 3 is 2.46 bits per heavy atom. The lowest BCUT2D eigenvalue weighted by atomic mass is 9.93. The van der Waals surface area contributed by atoms with E-state index in [0.29, 0.717) is 11.8 Å². The summed E-state index contributed by atoms with van der Waals surface area (Å²) in [6, 6.07) is 0. The molecule has 1 saturated heterocycles. The minimum Gasteiger partial charge on any atom is -0.343 e. The van der Waals surface area contributed by atoms with E-state index in [1.807, 2.05) is 15.6 Å². The van der Waals surface area contributed by atoms with Gasteiger partial charge in [0.2, 0.25) is 16.0 Å². The second-order valence-electron chi connectivity index (χ2n) is 8.12. The first kappa shape index (κ1) is 15.9. The van der Waals surface area contributed by atoms with Crippen LogP contribution in [0.15, 0.2) is 6.20 Å². The van der Waals surface area contributed by atoms with Crippen molar-refractivity contribution in [2.45, 2.75) is 39.5 Å². The van der Waals surface area contributed by atoms with Crippen LogP contribution in [0.1, 0.15) is 39.8 Å². The van der Waals surface area contributed by atoms with Crippen LogP contribution in [0.5, 0.6) is 0 Å². The molecule has 0 N–H and O–H groups in total. The second kappa shape index (κ2) is 5.44. The van der Waals surface area contributed by atoms with Crippen LogP contribution in [-0.4, -0.2) is 51.6 Å². The Kier molecular flexibility index (Phi) is 3.60. The first-order chi connectivity index (χ1) is 11.3. The number of carbonyl (C=O) groups excluding carboxylic acids is 1. The van der Waals surface area contributed by atoms with Crippen molar-refractivity contribution in [3.05, 3.63) is 11.9 Å². The first-order valence-corrected chi connectivity index (χ1v) is 9.55. The average molecular weight is 347 g/mol. The zero-order chi connectivity index (χ0) is 17.1. The van der Waals surface area contributed by atoms with E-state index < -0.39 is 0 Å². The normalized spacial score (nSPS) is 24.7. The minimum atomic E-state index is 0.0412. The molecule has 2 aliphatic rings. The Bertz CT molecular complexity index is 734. The van der Waals surface area contributed by atoms with Crippen molar-refractivity contribution in [2.75, 3.05) is 31.1 Å². The van der Waals surface area contributed by atoms with Crippen LogP contribution in [-0.2, 0) is 10.2 Å². The summed E-state index contributed by atoms with van der Waals surface area (Å²) >= 11 is 1.63. The molecule has 2 aromatic heterocycles. The van der Waals surface area contributed by atoms with Gasteiger partial charge in [0, 0.05) is 37.5 Å². The molecule has 130 valence electrons. The molecule has 2 fully saturated rings. The first-order valence-electron chi connectivity index (χ1n) is 8.73. The molecular weight excluding hydrogens is 322 g/mol. The van der Waals surface area contributed by atoms with E-state index >= 15 is 0 Å². The zero-order valence-electron chi connectivity index (χ0n) is 14.8. The molecule has 0 spiro atoms. The second-order valence-corrected chi connectivity index (χ2v) is 9.05. The van der Waals surface area contributed by atoms with Crippen LogP contribution in [0, 0.1) is 11.8 Å². The Hall–Kier alpha value is -1.63. The number of anilines is 1.